The number of hydrogen-bond acceptors (Lipinski definition) is 4. The van der Waals surface area contributed by atoms with Crippen molar-refractivity contribution in [2.45, 2.75) is 0 Å². The van der Waals surface area contributed by atoms with Gasteiger partial charge in [-0.2, -0.15) is 5.10 Å². The zero-order valence-corrected chi connectivity index (χ0v) is 9.04. The van der Waals surface area contributed by atoms with Crippen LogP contribution in [0.25, 0.3) is 11.0 Å². The van der Waals surface area contributed by atoms with Crippen LogP contribution in [0.15, 0.2) is 29.4 Å². The van der Waals surface area contributed by atoms with Crippen LogP contribution in [-0.2, 0) is 0 Å². The smallest absolute Gasteiger partial charge is 0.299 e. The van der Waals surface area contributed by atoms with Gasteiger partial charge in [-0.05, 0) is 12.1 Å². The molecule has 1 aliphatic rings. The number of hydrogen-bond donors (Lipinski definition) is 2. The molecule has 0 radical (unpaired) electrons. The number of aromatic nitrogens is 2. The molecule has 0 bridgehead atoms. The maximum Gasteiger partial charge on any atom is 0.299 e. The molecule has 2 N–H and O–H groups in total. The van der Waals surface area contributed by atoms with Crippen molar-refractivity contribution in [2.75, 3.05) is 5.75 Å². The number of hydrazone groups is 1. The number of para-hydroxylation sites is 2. The molecule has 80 valence electrons. The van der Waals surface area contributed by atoms with E-state index < -0.39 is 0 Å². The fraction of sp³-hybridized carbons (Fsp3) is 0.100. The lowest BCUT2D eigenvalue weighted by Gasteiger charge is -2.08. The van der Waals surface area contributed by atoms with Crippen molar-refractivity contribution in [3.05, 3.63) is 30.1 Å². The Morgan fingerprint density at radius 1 is 1.31 bits per heavy atom. The topological polar surface area (TPSA) is 70.1 Å². The first-order valence-corrected chi connectivity index (χ1v) is 5.76. The Hall–Kier alpha value is -1.82. The van der Waals surface area contributed by atoms with Gasteiger partial charge in [0, 0.05) is 0 Å². The predicted octanol–water partition coefficient (Wildman–Crippen LogP) is 1.72. The zero-order valence-electron chi connectivity index (χ0n) is 8.23. The van der Waals surface area contributed by atoms with Crippen molar-refractivity contribution in [1.82, 2.24) is 15.4 Å². The minimum Gasteiger partial charge on any atom is -0.337 e. The van der Waals surface area contributed by atoms with Crippen LogP contribution < -0.4 is 5.43 Å². The molecule has 6 heteroatoms. The molecule has 0 unspecified atom stereocenters. The van der Waals surface area contributed by atoms with Gasteiger partial charge in [0.15, 0.2) is 5.82 Å². The van der Waals surface area contributed by atoms with Crippen molar-refractivity contribution in [3.8, 4) is 0 Å². The Morgan fingerprint density at radius 3 is 2.94 bits per heavy atom. The average molecular weight is 232 g/mol. The minimum absolute atomic E-state index is 0.125. The number of amides is 1. The highest BCUT2D eigenvalue weighted by atomic mass is 32.2. The molecule has 0 atom stereocenters. The SMILES string of the molecule is O=C1NN=C(c2nc3ccccc3[nH]2)CS1. The zero-order chi connectivity index (χ0) is 11.0. The maximum absolute atomic E-state index is 10.9. The summed E-state index contributed by atoms with van der Waals surface area (Å²) in [7, 11) is 0. The quantitative estimate of drug-likeness (QED) is 0.786. The number of nitrogens with one attached hydrogen (secondary N) is 2. The number of imidazole rings is 1. The molecule has 1 aliphatic heterocycles. The van der Waals surface area contributed by atoms with Gasteiger partial charge in [0.25, 0.3) is 5.24 Å². The Labute approximate surface area is 95.3 Å². The molecule has 0 aliphatic carbocycles. The summed E-state index contributed by atoms with van der Waals surface area (Å²) >= 11 is 1.19. The van der Waals surface area contributed by atoms with E-state index in [1.165, 1.54) is 11.8 Å². The maximum atomic E-state index is 10.9. The van der Waals surface area contributed by atoms with Crippen LogP contribution in [0.2, 0.25) is 0 Å². The van der Waals surface area contributed by atoms with Crippen molar-refractivity contribution in [3.63, 3.8) is 0 Å². The fourth-order valence-corrected chi connectivity index (χ4v) is 2.10. The molecule has 2 aromatic rings. The van der Waals surface area contributed by atoms with Gasteiger partial charge in [-0.25, -0.2) is 10.4 Å². The summed E-state index contributed by atoms with van der Waals surface area (Å²) in [5.74, 6) is 1.26. The first-order valence-electron chi connectivity index (χ1n) is 4.77. The van der Waals surface area contributed by atoms with E-state index in [4.69, 9.17) is 0 Å². The highest BCUT2D eigenvalue weighted by molar-refractivity contribution is 8.14. The van der Waals surface area contributed by atoms with Crippen LogP contribution in [-0.4, -0.2) is 26.7 Å². The standard InChI is InChI=1S/C10H8N4OS/c15-10-14-13-8(5-16-10)9-11-6-3-1-2-4-7(6)12-9/h1-4H,5H2,(H,11,12)(H,14,15). The summed E-state index contributed by atoms with van der Waals surface area (Å²) in [4.78, 5) is 18.5. The van der Waals surface area contributed by atoms with Gasteiger partial charge in [0.2, 0.25) is 0 Å². The summed E-state index contributed by atoms with van der Waals surface area (Å²) in [6, 6.07) is 7.78. The van der Waals surface area contributed by atoms with Crippen molar-refractivity contribution in [1.29, 1.82) is 0 Å². The molecule has 16 heavy (non-hydrogen) atoms. The van der Waals surface area contributed by atoms with E-state index >= 15 is 0 Å². The number of aromatic amines is 1. The molecule has 0 fully saturated rings. The number of rotatable bonds is 1. The lowest BCUT2D eigenvalue weighted by atomic mass is 10.3. The second kappa shape index (κ2) is 3.64. The van der Waals surface area contributed by atoms with E-state index in [0.717, 1.165) is 16.7 Å². The van der Waals surface area contributed by atoms with Crippen LogP contribution in [0.1, 0.15) is 5.82 Å². The minimum atomic E-state index is -0.125. The fourth-order valence-electron chi connectivity index (χ4n) is 1.52. The monoisotopic (exact) mass is 232 g/mol. The van der Waals surface area contributed by atoms with Gasteiger partial charge in [-0.15, -0.1) is 0 Å². The Balaban J connectivity index is 2.03. The van der Waals surface area contributed by atoms with Gasteiger partial charge in [-0.1, -0.05) is 23.9 Å². The Bertz CT molecular complexity index is 556. The van der Waals surface area contributed by atoms with E-state index in [1.54, 1.807) is 0 Å². The van der Waals surface area contributed by atoms with Gasteiger partial charge in [0.1, 0.15) is 5.71 Å². The van der Waals surface area contributed by atoms with Gasteiger partial charge < -0.3 is 4.98 Å². The third kappa shape index (κ3) is 1.57. The largest absolute Gasteiger partial charge is 0.337 e. The van der Waals surface area contributed by atoms with E-state index in [2.05, 4.69) is 20.5 Å². The third-order valence-corrected chi connectivity index (χ3v) is 3.06. The summed E-state index contributed by atoms with van der Waals surface area (Å²) < 4.78 is 0. The Morgan fingerprint density at radius 2 is 2.19 bits per heavy atom. The van der Waals surface area contributed by atoms with Crippen LogP contribution in [0.3, 0.4) is 0 Å². The number of thioether (sulfide) groups is 1. The number of nitrogens with zero attached hydrogens (tertiary/aromatic N) is 2. The van der Waals surface area contributed by atoms with Gasteiger partial charge in [-0.3, -0.25) is 4.79 Å². The summed E-state index contributed by atoms with van der Waals surface area (Å²) in [6.45, 7) is 0. The average Bonchev–Trinajstić information content (AvgIpc) is 2.73. The normalized spacial score (nSPS) is 16.0. The molecular weight excluding hydrogens is 224 g/mol. The number of fused-ring (bicyclic) bond motifs is 1. The van der Waals surface area contributed by atoms with Crippen LogP contribution in [0.4, 0.5) is 4.79 Å². The number of H-pyrrole nitrogens is 1. The molecule has 1 amide bonds. The lowest BCUT2D eigenvalue weighted by molar-refractivity contribution is 0.261. The first-order chi connectivity index (χ1) is 7.83. The molecule has 1 aromatic carbocycles. The summed E-state index contributed by atoms with van der Waals surface area (Å²) in [6.07, 6.45) is 0. The summed E-state index contributed by atoms with van der Waals surface area (Å²) in [5, 5.41) is 3.85. The first kappa shape index (κ1) is 9.41. The molecule has 2 heterocycles. The molecule has 0 saturated carbocycles. The molecule has 0 spiro atoms. The number of carbonyl (C=O) groups is 1. The van der Waals surface area contributed by atoms with Crippen LogP contribution in [0, 0.1) is 0 Å². The number of carbonyl (C=O) groups excluding carboxylic acids is 1. The molecule has 0 saturated heterocycles. The lowest BCUT2D eigenvalue weighted by Crippen LogP contribution is -2.24. The number of benzene rings is 1. The van der Waals surface area contributed by atoms with Crippen molar-refractivity contribution in [2.24, 2.45) is 5.10 Å². The molecule has 1 aromatic heterocycles. The summed E-state index contributed by atoms with van der Waals surface area (Å²) in [5.41, 5.74) is 5.07. The van der Waals surface area contributed by atoms with Crippen LogP contribution >= 0.6 is 11.8 Å². The Kier molecular flexibility index (Phi) is 2.14. The predicted molar refractivity (Wildman–Crippen MR) is 63.6 cm³/mol. The second-order valence-corrected chi connectivity index (χ2v) is 4.30. The van der Waals surface area contributed by atoms with Gasteiger partial charge >= 0.3 is 0 Å². The van der Waals surface area contributed by atoms with E-state index in [0.29, 0.717) is 11.6 Å². The van der Waals surface area contributed by atoms with E-state index in [-0.39, 0.29) is 5.24 Å². The molecular formula is C10H8N4OS. The van der Waals surface area contributed by atoms with Gasteiger partial charge in [0.05, 0.1) is 16.8 Å². The van der Waals surface area contributed by atoms with E-state index in [9.17, 15) is 4.79 Å². The molecule has 3 rings (SSSR count). The second-order valence-electron chi connectivity index (χ2n) is 3.35. The highest BCUT2D eigenvalue weighted by Crippen LogP contribution is 2.15. The van der Waals surface area contributed by atoms with Crippen molar-refractivity contribution >= 4 is 33.7 Å². The van der Waals surface area contributed by atoms with Crippen molar-refractivity contribution < 1.29 is 4.79 Å². The highest BCUT2D eigenvalue weighted by Gasteiger charge is 2.16. The molecule has 5 nitrogen and oxygen atoms in total. The van der Waals surface area contributed by atoms with E-state index in [1.807, 2.05) is 24.3 Å². The van der Waals surface area contributed by atoms with Crippen LogP contribution in [0.5, 0.6) is 0 Å². The third-order valence-electron chi connectivity index (χ3n) is 2.28.